The molecule has 0 nitrogen and oxygen atoms in total. The smallest absolute Gasteiger partial charge is 0 e. The summed E-state index contributed by atoms with van der Waals surface area (Å²) < 4.78 is 0. The molecule has 0 aliphatic rings. The quantitative estimate of drug-likeness (QED) is 0.322. The zero-order valence-electron chi connectivity index (χ0n) is 3.15. The molecule has 4 heavy (non-hydrogen) atoms. The first kappa shape index (κ1) is 9.02. The Hall–Kier alpha value is 1.35. The summed E-state index contributed by atoms with van der Waals surface area (Å²) in [4.78, 5) is 0. The molecular weight excluding hydrogens is 79.1 g/mol. The Balaban J connectivity index is 0. The van der Waals surface area contributed by atoms with Gasteiger partial charge in [-0.3, -0.25) is 0 Å². The van der Waals surface area contributed by atoms with Crippen LogP contribution in [-0.2, 0) is 0 Å². The Kier molecular flexibility index (Phi) is 19.9. The Labute approximate surface area is 54.7 Å². The van der Waals surface area contributed by atoms with Gasteiger partial charge in [0.15, 0.2) is 0 Å². The number of hydrogen-bond acceptors (Lipinski definition) is 1. The SMILES string of the molecule is CCS.[Na]. The van der Waals surface area contributed by atoms with Crippen molar-refractivity contribution in [2.45, 2.75) is 6.92 Å². The van der Waals surface area contributed by atoms with E-state index in [-0.39, 0.29) is 29.6 Å². The summed E-state index contributed by atoms with van der Waals surface area (Å²) >= 11 is 3.79. The fourth-order valence-electron chi connectivity index (χ4n) is 0. The Morgan fingerprint density at radius 3 is 1.75 bits per heavy atom. The largest absolute Gasteiger partial charge is 0.180 e. The molecule has 0 aromatic carbocycles. The third kappa shape index (κ3) is 10.2. The third-order valence-electron chi connectivity index (χ3n) is 0. The molecule has 21 valence electrons. The van der Waals surface area contributed by atoms with E-state index >= 15 is 0 Å². The van der Waals surface area contributed by atoms with Crippen LogP contribution < -0.4 is 0 Å². The molecule has 0 aromatic heterocycles. The number of thiol groups is 1. The van der Waals surface area contributed by atoms with Gasteiger partial charge in [0.2, 0.25) is 0 Å². The van der Waals surface area contributed by atoms with E-state index in [0.717, 1.165) is 5.75 Å². The van der Waals surface area contributed by atoms with Crippen LogP contribution in [0.2, 0.25) is 0 Å². The Morgan fingerprint density at radius 2 is 1.75 bits per heavy atom. The van der Waals surface area contributed by atoms with Gasteiger partial charge in [-0.25, -0.2) is 0 Å². The molecule has 2 heteroatoms. The van der Waals surface area contributed by atoms with Crippen LogP contribution in [0, 0.1) is 0 Å². The predicted octanol–water partition coefficient (Wildman–Crippen LogP) is 0.555. The monoisotopic (exact) mass is 85.0 g/mol. The van der Waals surface area contributed by atoms with Crippen molar-refractivity contribution >= 4 is 42.2 Å². The molecule has 0 heterocycles. The van der Waals surface area contributed by atoms with Gasteiger partial charge >= 0.3 is 0 Å². The first-order valence-electron chi connectivity index (χ1n) is 1.02. The molecule has 0 amide bonds. The molecular formula is C2H6NaS. The van der Waals surface area contributed by atoms with E-state index in [0.29, 0.717) is 0 Å². The van der Waals surface area contributed by atoms with Crippen LogP contribution >= 0.6 is 12.6 Å². The maximum atomic E-state index is 3.79. The van der Waals surface area contributed by atoms with E-state index in [1.165, 1.54) is 0 Å². The fourth-order valence-corrected chi connectivity index (χ4v) is 0. The van der Waals surface area contributed by atoms with Crippen LogP contribution in [0.3, 0.4) is 0 Å². The van der Waals surface area contributed by atoms with E-state index in [9.17, 15) is 0 Å². The maximum absolute atomic E-state index is 3.79. The van der Waals surface area contributed by atoms with Crippen molar-refractivity contribution in [1.82, 2.24) is 0 Å². The van der Waals surface area contributed by atoms with Crippen molar-refractivity contribution in [3.05, 3.63) is 0 Å². The van der Waals surface area contributed by atoms with Crippen molar-refractivity contribution in [2.24, 2.45) is 0 Å². The van der Waals surface area contributed by atoms with Gasteiger partial charge in [-0.1, -0.05) is 6.92 Å². The van der Waals surface area contributed by atoms with E-state index in [1.54, 1.807) is 0 Å². The molecule has 0 atom stereocenters. The van der Waals surface area contributed by atoms with Gasteiger partial charge in [0.05, 0.1) is 0 Å². The van der Waals surface area contributed by atoms with E-state index in [2.05, 4.69) is 12.6 Å². The molecule has 0 unspecified atom stereocenters. The normalized spacial score (nSPS) is 4.50. The minimum absolute atomic E-state index is 0. The molecule has 0 aliphatic heterocycles. The second-order valence-electron chi connectivity index (χ2n) is 0.316. The summed E-state index contributed by atoms with van der Waals surface area (Å²) in [5.41, 5.74) is 0. The van der Waals surface area contributed by atoms with E-state index in [4.69, 9.17) is 0 Å². The van der Waals surface area contributed by atoms with Gasteiger partial charge in [0, 0.05) is 29.6 Å². The molecule has 0 aliphatic carbocycles. The summed E-state index contributed by atoms with van der Waals surface area (Å²) in [6.07, 6.45) is 0. The fraction of sp³-hybridized carbons (Fsp3) is 1.00. The molecule has 0 N–H and O–H groups in total. The molecule has 0 spiro atoms. The number of hydrogen-bond donors (Lipinski definition) is 1. The van der Waals surface area contributed by atoms with Crippen LogP contribution in [0.5, 0.6) is 0 Å². The minimum atomic E-state index is 0. The van der Waals surface area contributed by atoms with Crippen LogP contribution in [0.1, 0.15) is 6.92 Å². The first-order valence-corrected chi connectivity index (χ1v) is 1.66. The van der Waals surface area contributed by atoms with E-state index in [1.807, 2.05) is 6.92 Å². The summed E-state index contributed by atoms with van der Waals surface area (Å²) in [6, 6.07) is 0. The Bertz CT molecular complexity index is 6.00. The van der Waals surface area contributed by atoms with Crippen LogP contribution in [0.4, 0.5) is 0 Å². The predicted molar refractivity (Wildman–Crippen MR) is 25.3 cm³/mol. The van der Waals surface area contributed by atoms with Crippen LogP contribution in [0.15, 0.2) is 0 Å². The van der Waals surface area contributed by atoms with Gasteiger partial charge in [-0.15, -0.1) is 0 Å². The van der Waals surface area contributed by atoms with Gasteiger partial charge in [0.1, 0.15) is 0 Å². The summed E-state index contributed by atoms with van der Waals surface area (Å²) in [5, 5.41) is 0. The standard InChI is InChI=1S/C2H6S.Na/c1-2-3;/h3H,2H2,1H3;. The zero-order chi connectivity index (χ0) is 2.71. The van der Waals surface area contributed by atoms with Crippen molar-refractivity contribution in [1.29, 1.82) is 0 Å². The molecule has 0 saturated heterocycles. The van der Waals surface area contributed by atoms with Crippen LogP contribution in [0.25, 0.3) is 0 Å². The maximum Gasteiger partial charge on any atom is 0 e. The Morgan fingerprint density at radius 1 is 1.75 bits per heavy atom. The van der Waals surface area contributed by atoms with Crippen molar-refractivity contribution in [3.63, 3.8) is 0 Å². The molecule has 0 bridgehead atoms. The van der Waals surface area contributed by atoms with E-state index < -0.39 is 0 Å². The van der Waals surface area contributed by atoms with Crippen LogP contribution in [-0.4, -0.2) is 35.3 Å². The average molecular weight is 85.1 g/mol. The average Bonchev–Trinajstić information content (AvgIpc) is 0.918. The van der Waals surface area contributed by atoms with Crippen molar-refractivity contribution < 1.29 is 0 Å². The van der Waals surface area contributed by atoms with Gasteiger partial charge < -0.3 is 0 Å². The summed E-state index contributed by atoms with van der Waals surface area (Å²) in [7, 11) is 0. The van der Waals surface area contributed by atoms with Gasteiger partial charge in [-0.05, 0) is 5.75 Å². The molecule has 0 saturated carbocycles. The molecule has 1 radical (unpaired) electrons. The molecule has 0 fully saturated rings. The second kappa shape index (κ2) is 8.84. The third-order valence-corrected chi connectivity index (χ3v) is 0. The zero-order valence-corrected chi connectivity index (χ0v) is 6.05. The topological polar surface area (TPSA) is 0 Å². The van der Waals surface area contributed by atoms with Gasteiger partial charge in [-0.2, -0.15) is 12.6 Å². The van der Waals surface area contributed by atoms with Gasteiger partial charge in [0.25, 0.3) is 0 Å². The number of rotatable bonds is 0. The van der Waals surface area contributed by atoms with Crippen molar-refractivity contribution in [3.8, 4) is 0 Å². The summed E-state index contributed by atoms with van der Waals surface area (Å²) in [5.74, 6) is 0.944. The second-order valence-corrected chi connectivity index (χ2v) is 0.949. The molecule has 0 rings (SSSR count). The summed E-state index contributed by atoms with van der Waals surface area (Å²) in [6.45, 7) is 1.99. The first-order chi connectivity index (χ1) is 1.41. The minimum Gasteiger partial charge on any atom is -0.180 e. The van der Waals surface area contributed by atoms with Crippen molar-refractivity contribution in [2.75, 3.05) is 5.75 Å². The molecule has 0 aromatic rings.